The first-order chi connectivity index (χ1) is 6.63. The number of hydrogen-bond donors (Lipinski definition) is 1. The Hall–Kier alpha value is -0.390. The van der Waals surface area contributed by atoms with Crippen molar-refractivity contribution in [2.75, 3.05) is 20.6 Å². The van der Waals surface area contributed by atoms with Crippen molar-refractivity contribution in [3.63, 3.8) is 0 Å². The zero-order valence-electron chi connectivity index (χ0n) is 8.21. The van der Waals surface area contributed by atoms with E-state index in [9.17, 15) is 4.79 Å². The van der Waals surface area contributed by atoms with E-state index in [0.717, 1.165) is 11.0 Å². The number of carbonyl (C=O) groups is 1. The van der Waals surface area contributed by atoms with Crippen LogP contribution in [0.1, 0.15) is 4.88 Å². The molecule has 0 saturated heterocycles. The van der Waals surface area contributed by atoms with E-state index in [1.807, 2.05) is 23.4 Å². The molecule has 0 spiro atoms. The average Bonchev–Trinajstić information content (AvgIpc) is 2.51. The molecule has 0 fully saturated rings. The molecular weight excluding hydrogens is 264 g/mol. The molecule has 1 amide bonds. The van der Waals surface area contributed by atoms with Crippen molar-refractivity contribution in [3.05, 3.63) is 20.8 Å². The largest absolute Gasteiger partial charge is 0.358 e. The average molecular weight is 277 g/mol. The van der Waals surface area contributed by atoms with Crippen molar-refractivity contribution in [3.8, 4) is 0 Å². The molecule has 5 heteroatoms. The van der Waals surface area contributed by atoms with E-state index >= 15 is 0 Å². The van der Waals surface area contributed by atoms with Gasteiger partial charge in [-0.15, -0.1) is 11.3 Å². The number of nitrogens with one attached hydrogen (secondary N) is 1. The normalized spacial score (nSPS) is 10.6. The minimum Gasteiger partial charge on any atom is -0.358 e. The van der Waals surface area contributed by atoms with Gasteiger partial charge in [-0.25, -0.2) is 0 Å². The van der Waals surface area contributed by atoms with Crippen molar-refractivity contribution in [1.29, 1.82) is 0 Å². The van der Waals surface area contributed by atoms with Gasteiger partial charge >= 0.3 is 0 Å². The minimum absolute atomic E-state index is 0.0418. The van der Waals surface area contributed by atoms with Crippen LogP contribution >= 0.6 is 27.3 Å². The van der Waals surface area contributed by atoms with Crippen molar-refractivity contribution in [2.24, 2.45) is 0 Å². The molecule has 0 saturated carbocycles. The molecule has 1 rings (SSSR count). The predicted molar refractivity (Wildman–Crippen MR) is 62.4 cm³/mol. The summed E-state index contributed by atoms with van der Waals surface area (Å²) in [7, 11) is 3.58. The Morgan fingerprint density at radius 1 is 1.71 bits per heavy atom. The lowest BCUT2D eigenvalue weighted by molar-refractivity contribution is -0.121. The summed E-state index contributed by atoms with van der Waals surface area (Å²) in [6.45, 7) is 1.23. The van der Waals surface area contributed by atoms with Crippen molar-refractivity contribution < 1.29 is 4.79 Å². The maximum atomic E-state index is 11.1. The molecule has 1 aromatic rings. The molecule has 1 aromatic heterocycles. The Morgan fingerprint density at radius 2 is 2.43 bits per heavy atom. The summed E-state index contributed by atoms with van der Waals surface area (Å²) in [5.74, 6) is 0.0418. The molecule has 1 N–H and O–H groups in total. The third-order valence-corrected chi connectivity index (χ3v) is 3.71. The van der Waals surface area contributed by atoms with Crippen molar-refractivity contribution >= 4 is 33.2 Å². The van der Waals surface area contributed by atoms with Crippen LogP contribution in [0.5, 0.6) is 0 Å². The molecule has 0 aromatic carbocycles. The molecule has 0 radical (unpaired) electrons. The van der Waals surface area contributed by atoms with E-state index in [2.05, 4.69) is 21.2 Å². The lowest BCUT2D eigenvalue weighted by atomic mass is 10.4. The molecule has 0 aliphatic heterocycles. The monoisotopic (exact) mass is 276 g/mol. The molecule has 78 valence electrons. The number of nitrogens with zero attached hydrogens (tertiary/aromatic N) is 1. The summed E-state index contributed by atoms with van der Waals surface area (Å²) in [4.78, 5) is 14.3. The van der Waals surface area contributed by atoms with Gasteiger partial charge in [0.25, 0.3) is 0 Å². The second-order valence-corrected chi connectivity index (χ2v) is 4.89. The smallest absolute Gasteiger partial charge is 0.233 e. The zero-order chi connectivity index (χ0) is 10.6. The molecule has 3 nitrogen and oxygen atoms in total. The highest BCUT2D eigenvalue weighted by atomic mass is 79.9. The van der Waals surface area contributed by atoms with Crippen LogP contribution in [0.3, 0.4) is 0 Å². The number of amides is 1. The molecule has 1 heterocycles. The Morgan fingerprint density at radius 3 is 2.93 bits per heavy atom. The minimum atomic E-state index is 0.0418. The molecule has 0 atom stereocenters. The van der Waals surface area contributed by atoms with Gasteiger partial charge in [-0.05, 0) is 34.4 Å². The standard InChI is InChI=1S/C9H13BrN2OS/c1-11-9(13)6-12(2)5-8-7(10)3-4-14-8/h3-4H,5-6H2,1-2H3,(H,11,13). The molecule has 0 unspecified atom stereocenters. The van der Waals surface area contributed by atoms with Gasteiger partial charge < -0.3 is 5.32 Å². The third kappa shape index (κ3) is 3.40. The number of halogens is 1. The topological polar surface area (TPSA) is 32.3 Å². The number of hydrogen-bond acceptors (Lipinski definition) is 3. The first-order valence-electron chi connectivity index (χ1n) is 4.24. The van der Waals surface area contributed by atoms with Gasteiger partial charge in [0.05, 0.1) is 6.54 Å². The number of likely N-dealkylation sites (N-methyl/N-ethyl adjacent to an activating group) is 2. The highest BCUT2D eigenvalue weighted by Crippen LogP contribution is 2.23. The van der Waals surface area contributed by atoms with E-state index in [1.165, 1.54) is 4.88 Å². The van der Waals surface area contributed by atoms with E-state index < -0.39 is 0 Å². The van der Waals surface area contributed by atoms with Crippen LogP contribution in [0.4, 0.5) is 0 Å². The van der Waals surface area contributed by atoms with Gasteiger partial charge in [-0.1, -0.05) is 0 Å². The first-order valence-corrected chi connectivity index (χ1v) is 5.91. The first kappa shape index (κ1) is 11.7. The van der Waals surface area contributed by atoms with Crippen molar-refractivity contribution in [2.45, 2.75) is 6.54 Å². The van der Waals surface area contributed by atoms with E-state index in [1.54, 1.807) is 18.4 Å². The van der Waals surface area contributed by atoms with Gasteiger partial charge in [0, 0.05) is 22.9 Å². The predicted octanol–water partition coefficient (Wildman–Crippen LogP) is 1.69. The second kappa shape index (κ2) is 5.48. The van der Waals surface area contributed by atoms with E-state index in [4.69, 9.17) is 0 Å². The third-order valence-electron chi connectivity index (χ3n) is 1.80. The van der Waals surface area contributed by atoms with Crippen LogP contribution in [0.2, 0.25) is 0 Å². The highest BCUT2D eigenvalue weighted by molar-refractivity contribution is 9.10. The van der Waals surface area contributed by atoms with Crippen LogP contribution in [-0.2, 0) is 11.3 Å². The van der Waals surface area contributed by atoms with Gasteiger partial charge in [-0.2, -0.15) is 0 Å². The van der Waals surface area contributed by atoms with Gasteiger partial charge in [0.2, 0.25) is 5.91 Å². The van der Waals surface area contributed by atoms with Crippen LogP contribution in [0.25, 0.3) is 0 Å². The van der Waals surface area contributed by atoms with E-state index in [-0.39, 0.29) is 5.91 Å². The van der Waals surface area contributed by atoms with Crippen LogP contribution in [-0.4, -0.2) is 31.4 Å². The fourth-order valence-electron chi connectivity index (χ4n) is 1.06. The summed E-state index contributed by atoms with van der Waals surface area (Å²) in [6.07, 6.45) is 0. The van der Waals surface area contributed by atoms with Crippen LogP contribution in [0, 0.1) is 0 Å². The summed E-state index contributed by atoms with van der Waals surface area (Å²) in [6, 6.07) is 2.02. The maximum absolute atomic E-state index is 11.1. The van der Waals surface area contributed by atoms with Crippen molar-refractivity contribution in [1.82, 2.24) is 10.2 Å². The fourth-order valence-corrected chi connectivity index (χ4v) is 2.62. The van der Waals surface area contributed by atoms with Gasteiger partial charge in [0.1, 0.15) is 0 Å². The Balaban J connectivity index is 2.45. The highest BCUT2D eigenvalue weighted by Gasteiger charge is 2.08. The van der Waals surface area contributed by atoms with Gasteiger partial charge in [0.15, 0.2) is 0 Å². The lowest BCUT2D eigenvalue weighted by Gasteiger charge is -2.14. The molecular formula is C9H13BrN2OS. The van der Waals surface area contributed by atoms with Gasteiger partial charge in [-0.3, -0.25) is 9.69 Å². The summed E-state index contributed by atoms with van der Waals surface area (Å²) in [5.41, 5.74) is 0. The SMILES string of the molecule is CNC(=O)CN(C)Cc1sccc1Br. The number of carbonyl (C=O) groups excluding carboxylic acids is 1. The second-order valence-electron chi connectivity index (χ2n) is 3.04. The Kier molecular flexibility index (Phi) is 4.57. The molecule has 0 aliphatic carbocycles. The lowest BCUT2D eigenvalue weighted by Crippen LogP contribution is -2.32. The Bertz CT molecular complexity index is 314. The summed E-state index contributed by atoms with van der Waals surface area (Å²) < 4.78 is 1.12. The zero-order valence-corrected chi connectivity index (χ0v) is 10.6. The Labute approximate surface area is 96.2 Å². The number of thiophene rings is 1. The fraction of sp³-hybridized carbons (Fsp3) is 0.444. The number of rotatable bonds is 4. The maximum Gasteiger partial charge on any atom is 0.233 e. The molecule has 0 aliphatic rings. The quantitative estimate of drug-likeness (QED) is 0.908. The van der Waals surface area contributed by atoms with Crippen LogP contribution < -0.4 is 5.32 Å². The van der Waals surface area contributed by atoms with E-state index in [0.29, 0.717) is 6.54 Å². The summed E-state index contributed by atoms with van der Waals surface area (Å²) in [5, 5.41) is 4.64. The molecule has 14 heavy (non-hydrogen) atoms. The van der Waals surface area contributed by atoms with Crippen LogP contribution in [0.15, 0.2) is 15.9 Å². The summed E-state index contributed by atoms with van der Waals surface area (Å²) >= 11 is 5.15. The molecule has 0 bridgehead atoms.